The van der Waals surface area contributed by atoms with E-state index in [0.29, 0.717) is 19.6 Å². The summed E-state index contributed by atoms with van der Waals surface area (Å²) in [6.45, 7) is 5.73. The maximum absolute atomic E-state index is 11.2. The number of carbonyl (C=O) groups excluding carboxylic acids is 1. The fourth-order valence-corrected chi connectivity index (χ4v) is 1.79. The zero-order valence-corrected chi connectivity index (χ0v) is 15.8. The van der Waals surface area contributed by atoms with E-state index in [9.17, 15) is 4.79 Å². The Kier molecular flexibility index (Phi) is 11.5. The molecule has 1 rings (SSSR count). The number of aryl methyl sites for hydroxylation is 1. The third kappa shape index (κ3) is 8.86. The third-order valence-electron chi connectivity index (χ3n) is 2.96. The zero-order valence-electron chi connectivity index (χ0n) is 13.5. The third-order valence-corrected chi connectivity index (χ3v) is 2.96. The molecule has 1 aromatic rings. The van der Waals surface area contributed by atoms with Gasteiger partial charge in [-0.05, 0) is 25.8 Å². The Bertz CT molecular complexity index is 461. The highest BCUT2D eigenvalue weighted by molar-refractivity contribution is 14.0. The number of benzene rings is 1. The van der Waals surface area contributed by atoms with Crippen LogP contribution < -0.4 is 10.6 Å². The van der Waals surface area contributed by atoms with Gasteiger partial charge in [0.25, 0.3) is 0 Å². The Hall–Kier alpha value is -1.31. The first-order valence-electron chi connectivity index (χ1n) is 7.31. The molecule has 0 bridgehead atoms. The summed E-state index contributed by atoms with van der Waals surface area (Å²) < 4.78 is 4.88. The first kappa shape index (κ1) is 20.7. The summed E-state index contributed by atoms with van der Waals surface area (Å²) in [5.41, 5.74) is 2.45. The maximum Gasteiger partial charge on any atom is 0.305 e. The molecule has 0 radical (unpaired) electrons. The summed E-state index contributed by atoms with van der Waals surface area (Å²) in [7, 11) is 1.73. The van der Waals surface area contributed by atoms with Crippen molar-refractivity contribution in [2.24, 2.45) is 4.99 Å². The molecule has 5 nitrogen and oxygen atoms in total. The van der Waals surface area contributed by atoms with Gasteiger partial charge in [0, 0.05) is 26.6 Å². The van der Waals surface area contributed by atoms with Crippen LogP contribution in [0.4, 0.5) is 0 Å². The van der Waals surface area contributed by atoms with Gasteiger partial charge in [-0.25, -0.2) is 0 Å². The van der Waals surface area contributed by atoms with E-state index < -0.39 is 0 Å². The summed E-state index contributed by atoms with van der Waals surface area (Å²) in [4.78, 5) is 15.4. The fraction of sp³-hybridized carbons (Fsp3) is 0.500. The number of guanidine groups is 1. The van der Waals surface area contributed by atoms with Gasteiger partial charge in [0.2, 0.25) is 0 Å². The van der Waals surface area contributed by atoms with Crippen LogP contribution in [0.2, 0.25) is 0 Å². The number of halogens is 1. The van der Waals surface area contributed by atoms with Crippen molar-refractivity contribution in [3.8, 4) is 0 Å². The van der Waals surface area contributed by atoms with E-state index in [4.69, 9.17) is 4.74 Å². The molecule has 0 amide bonds. The molecule has 0 aliphatic heterocycles. The predicted molar refractivity (Wildman–Crippen MR) is 101 cm³/mol. The molecular formula is C16H26IN3O2. The minimum atomic E-state index is -0.151. The molecule has 124 valence electrons. The Morgan fingerprint density at radius 1 is 1.23 bits per heavy atom. The summed E-state index contributed by atoms with van der Waals surface area (Å²) in [6.07, 6.45) is 1.15. The zero-order chi connectivity index (χ0) is 15.5. The Balaban J connectivity index is 0.00000441. The topological polar surface area (TPSA) is 62.7 Å². The molecule has 0 atom stereocenters. The molecule has 0 aliphatic carbocycles. The van der Waals surface area contributed by atoms with E-state index in [2.05, 4.69) is 46.8 Å². The molecule has 0 unspecified atom stereocenters. The molecule has 0 aliphatic rings. The van der Waals surface area contributed by atoms with E-state index in [-0.39, 0.29) is 29.9 Å². The van der Waals surface area contributed by atoms with Crippen LogP contribution in [0.5, 0.6) is 0 Å². The molecule has 0 spiro atoms. The lowest BCUT2D eigenvalue weighted by Crippen LogP contribution is -2.37. The van der Waals surface area contributed by atoms with Gasteiger partial charge < -0.3 is 15.4 Å². The van der Waals surface area contributed by atoms with Crippen molar-refractivity contribution in [1.82, 2.24) is 10.6 Å². The molecule has 1 aromatic carbocycles. The predicted octanol–water partition coefficient (Wildman–Crippen LogP) is 2.62. The summed E-state index contributed by atoms with van der Waals surface area (Å²) in [6, 6.07) is 8.37. The summed E-state index contributed by atoms with van der Waals surface area (Å²) >= 11 is 0. The van der Waals surface area contributed by atoms with Crippen molar-refractivity contribution >= 4 is 35.9 Å². The van der Waals surface area contributed by atoms with E-state index in [0.717, 1.165) is 18.9 Å². The fourth-order valence-electron chi connectivity index (χ4n) is 1.79. The number of aliphatic imine (C=N–C) groups is 1. The number of hydrogen-bond acceptors (Lipinski definition) is 3. The summed E-state index contributed by atoms with van der Waals surface area (Å²) in [5, 5.41) is 6.42. The normalized spacial score (nSPS) is 10.6. The molecule has 0 saturated carbocycles. The monoisotopic (exact) mass is 419 g/mol. The van der Waals surface area contributed by atoms with E-state index in [1.54, 1.807) is 7.05 Å². The van der Waals surface area contributed by atoms with Crippen LogP contribution in [-0.2, 0) is 16.1 Å². The average Bonchev–Trinajstić information content (AvgIpc) is 2.48. The van der Waals surface area contributed by atoms with Crippen molar-refractivity contribution in [3.05, 3.63) is 35.4 Å². The minimum absolute atomic E-state index is 0. The van der Waals surface area contributed by atoms with Gasteiger partial charge in [0.15, 0.2) is 5.96 Å². The lowest BCUT2D eigenvalue weighted by molar-refractivity contribution is -0.143. The van der Waals surface area contributed by atoms with Crippen LogP contribution in [0.3, 0.4) is 0 Å². The second-order valence-corrected chi connectivity index (χ2v) is 4.75. The molecular weight excluding hydrogens is 393 g/mol. The van der Waals surface area contributed by atoms with Gasteiger partial charge in [-0.1, -0.05) is 29.8 Å². The highest BCUT2D eigenvalue weighted by atomic mass is 127. The van der Waals surface area contributed by atoms with Gasteiger partial charge in [0.1, 0.15) is 0 Å². The minimum Gasteiger partial charge on any atom is -0.466 e. The molecule has 0 aromatic heterocycles. The number of nitrogens with one attached hydrogen (secondary N) is 2. The van der Waals surface area contributed by atoms with Crippen LogP contribution in [0.1, 0.15) is 30.9 Å². The lowest BCUT2D eigenvalue weighted by atomic mass is 10.1. The molecule has 6 heteroatoms. The Morgan fingerprint density at radius 3 is 2.50 bits per heavy atom. The van der Waals surface area contributed by atoms with Crippen molar-refractivity contribution in [2.45, 2.75) is 33.2 Å². The van der Waals surface area contributed by atoms with Crippen LogP contribution in [0.25, 0.3) is 0 Å². The number of esters is 1. The van der Waals surface area contributed by atoms with Gasteiger partial charge in [0.05, 0.1) is 6.61 Å². The van der Waals surface area contributed by atoms with Crippen LogP contribution in [-0.4, -0.2) is 32.1 Å². The van der Waals surface area contributed by atoms with Crippen LogP contribution in [0, 0.1) is 6.92 Å². The first-order valence-corrected chi connectivity index (χ1v) is 7.31. The first-order chi connectivity index (χ1) is 10.2. The summed E-state index contributed by atoms with van der Waals surface area (Å²) in [5.74, 6) is 0.585. The highest BCUT2D eigenvalue weighted by Crippen LogP contribution is 2.02. The number of carbonyl (C=O) groups is 1. The van der Waals surface area contributed by atoms with Crippen molar-refractivity contribution in [3.63, 3.8) is 0 Å². The van der Waals surface area contributed by atoms with Crippen LogP contribution in [0.15, 0.2) is 29.3 Å². The van der Waals surface area contributed by atoms with Crippen molar-refractivity contribution in [2.75, 3.05) is 20.2 Å². The quantitative estimate of drug-likeness (QED) is 0.235. The number of hydrogen-bond donors (Lipinski definition) is 2. The van der Waals surface area contributed by atoms with E-state index >= 15 is 0 Å². The second kappa shape index (κ2) is 12.3. The van der Waals surface area contributed by atoms with Gasteiger partial charge in [-0.2, -0.15) is 0 Å². The Labute approximate surface area is 149 Å². The standard InChI is InChI=1S/C16H25N3O2.HI/c1-4-21-15(20)6-5-11-18-16(17-3)19-12-14-9-7-13(2)8-10-14;/h7-10H,4-6,11-12H2,1-3H3,(H2,17,18,19);1H. The van der Waals surface area contributed by atoms with Gasteiger partial charge in [-0.3, -0.25) is 9.79 Å². The molecule has 22 heavy (non-hydrogen) atoms. The molecule has 0 saturated heterocycles. The van der Waals surface area contributed by atoms with E-state index in [1.165, 1.54) is 11.1 Å². The number of ether oxygens (including phenoxy) is 1. The largest absolute Gasteiger partial charge is 0.466 e. The van der Waals surface area contributed by atoms with Crippen molar-refractivity contribution < 1.29 is 9.53 Å². The van der Waals surface area contributed by atoms with Crippen molar-refractivity contribution in [1.29, 1.82) is 0 Å². The average molecular weight is 419 g/mol. The highest BCUT2D eigenvalue weighted by Gasteiger charge is 2.02. The maximum atomic E-state index is 11.2. The van der Waals surface area contributed by atoms with Crippen LogP contribution >= 0.6 is 24.0 Å². The number of rotatable bonds is 7. The SMILES string of the molecule is CCOC(=O)CCCNC(=NC)NCc1ccc(C)cc1.I. The van der Waals surface area contributed by atoms with E-state index in [1.807, 2.05) is 6.92 Å². The van der Waals surface area contributed by atoms with Gasteiger partial charge in [-0.15, -0.1) is 24.0 Å². The second-order valence-electron chi connectivity index (χ2n) is 4.75. The molecule has 2 N–H and O–H groups in total. The Morgan fingerprint density at radius 2 is 1.91 bits per heavy atom. The lowest BCUT2D eigenvalue weighted by Gasteiger charge is -2.12. The smallest absolute Gasteiger partial charge is 0.305 e. The molecule has 0 heterocycles. The van der Waals surface area contributed by atoms with Gasteiger partial charge >= 0.3 is 5.97 Å². The molecule has 0 fully saturated rings. The number of nitrogens with zero attached hydrogens (tertiary/aromatic N) is 1.